The van der Waals surface area contributed by atoms with E-state index in [2.05, 4.69) is 0 Å². The number of nitrogens with zero attached hydrogens (tertiary/aromatic N) is 1. The molecule has 0 radical (unpaired) electrons. The maximum absolute atomic E-state index is 12.2. The summed E-state index contributed by atoms with van der Waals surface area (Å²) < 4.78 is 2.70. The SMILES string of the molecule is O=C(O)/C=C/c1ccc(Cn2sc3ccccc3c2=O)s1. The molecule has 0 fully saturated rings. The van der Waals surface area contributed by atoms with Gasteiger partial charge in [-0.15, -0.1) is 11.3 Å². The van der Waals surface area contributed by atoms with Gasteiger partial charge >= 0.3 is 5.97 Å². The van der Waals surface area contributed by atoms with E-state index in [9.17, 15) is 9.59 Å². The number of carbonyl (C=O) groups is 1. The van der Waals surface area contributed by atoms with Crippen LogP contribution in [0.2, 0.25) is 0 Å². The van der Waals surface area contributed by atoms with E-state index in [4.69, 9.17) is 5.11 Å². The second kappa shape index (κ2) is 5.67. The minimum atomic E-state index is -0.967. The van der Waals surface area contributed by atoms with E-state index < -0.39 is 5.97 Å². The zero-order valence-corrected chi connectivity index (χ0v) is 12.5. The fraction of sp³-hybridized carbons (Fsp3) is 0.0667. The molecule has 0 saturated carbocycles. The molecule has 0 aliphatic heterocycles. The van der Waals surface area contributed by atoms with Gasteiger partial charge in [-0.05, 0) is 30.3 Å². The second-order valence-electron chi connectivity index (χ2n) is 4.40. The third kappa shape index (κ3) is 2.96. The fourth-order valence-electron chi connectivity index (χ4n) is 1.99. The van der Waals surface area contributed by atoms with Crippen molar-refractivity contribution in [2.45, 2.75) is 6.54 Å². The van der Waals surface area contributed by atoms with Crippen molar-refractivity contribution in [2.24, 2.45) is 0 Å². The largest absolute Gasteiger partial charge is 0.478 e. The van der Waals surface area contributed by atoms with Crippen LogP contribution < -0.4 is 5.56 Å². The van der Waals surface area contributed by atoms with Gasteiger partial charge in [0.1, 0.15) is 0 Å². The van der Waals surface area contributed by atoms with E-state index in [1.807, 2.05) is 36.4 Å². The van der Waals surface area contributed by atoms with E-state index in [1.165, 1.54) is 22.9 Å². The molecule has 6 heteroatoms. The molecule has 2 aromatic heterocycles. The molecule has 106 valence electrons. The highest BCUT2D eigenvalue weighted by Crippen LogP contribution is 2.21. The summed E-state index contributed by atoms with van der Waals surface area (Å²) in [6.45, 7) is 0.518. The third-order valence-corrected chi connectivity index (χ3v) is 5.03. The topological polar surface area (TPSA) is 59.3 Å². The highest BCUT2D eigenvalue weighted by molar-refractivity contribution is 7.14. The van der Waals surface area contributed by atoms with Crippen LogP contribution >= 0.6 is 22.9 Å². The Labute approximate surface area is 128 Å². The molecule has 3 aromatic rings. The Morgan fingerprint density at radius 3 is 2.81 bits per heavy atom. The van der Waals surface area contributed by atoms with E-state index in [0.29, 0.717) is 6.54 Å². The van der Waals surface area contributed by atoms with Crippen molar-refractivity contribution in [3.8, 4) is 0 Å². The second-order valence-corrected chi connectivity index (χ2v) is 6.67. The van der Waals surface area contributed by atoms with Crippen LogP contribution in [-0.2, 0) is 11.3 Å². The summed E-state index contributed by atoms with van der Waals surface area (Å²) in [4.78, 5) is 24.6. The molecule has 0 bridgehead atoms. The zero-order valence-electron chi connectivity index (χ0n) is 10.9. The van der Waals surface area contributed by atoms with Gasteiger partial charge in [0.25, 0.3) is 5.56 Å². The lowest BCUT2D eigenvalue weighted by molar-refractivity contribution is -0.131. The van der Waals surface area contributed by atoms with Gasteiger partial charge in [-0.25, -0.2) is 4.79 Å². The first kappa shape index (κ1) is 13.8. The van der Waals surface area contributed by atoms with Crippen LogP contribution in [0.4, 0.5) is 0 Å². The van der Waals surface area contributed by atoms with Gasteiger partial charge in [-0.3, -0.25) is 8.75 Å². The average molecular weight is 317 g/mol. The minimum absolute atomic E-state index is 0.0200. The number of benzene rings is 1. The smallest absolute Gasteiger partial charge is 0.328 e. The molecule has 0 saturated heterocycles. The maximum atomic E-state index is 12.2. The summed E-state index contributed by atoms with van der Waals surface area (Å²) in [5.41, 5.74) is 0.0200. The van der Waals surface area contributed by atoms with Gasteiger partial charge in [0.15, 0.2) is 0 Å². The van der Waals surface area contributed by atoms with Crippen molar-refractivity contribution in [3.05, 3.63) is 62.6 Å². The molecule has 0 amide bonds. The molecule has 1 aromatic carbocycles. The van der Waals surface area contributed by atoms with Crippen molar-refractivity contribution in [1.82, 2.24) is 3.96 Å². The molecule has 4 nitrogen and oxygen atoms in total. The first-order valence-corrected chi connectivity index (χ1v) is 7.81. The van der Waals surface area contributed by atoms with Gasteiger partial charge in [-0.2, -0.15) is 0 Å². The van der Waals surface area contributed by atoms with Gasteiger partial charge in [0, 0.05) is 15.8 Å². The van der Waals surface area contributed by atoms with Crippen LogP contribution in [-0.4, -0.2) is 15.0 Å². The lowest BCUT2D eigenvalue weighted by Crippen LogP contribution is -2.12. The van der Waals surface area contributed by atoms with Crippen LogP contribution in [0, 0.1) is 0 Å². The number of aliphatic carboxylic acids is 1. The minimum Gasteiger partial charge on any atom is -0.478 e. The summed E-state index contributed by atoms with van der Waals surface area (Å²) in [6, 6.07) is 11.3. The number of carboxylic acid groups (broad SMARTS) is 1. The van der Waals surface area contributed by atoms with E-state index in [1.54, 1.807) is 10.0 Å². The molecule has 0 aliphatic carbocycles. The molecule has 0 spiro atoms. The van der Waals surface area contributed by atoms with Gasteiger partial charge in [0.2, 0.25) is 0 Å². The molecule has 0 aliphatic rings. The van der Waals surface area contributed by atoms with Gasteiger partial charge in [-0.1, -0.05) is 23.7 Å². The highest BCUT2D eigenvalue weighted by Gasteiger charge is 2.08. The lowest BCUT2D eigenvalue weighted by Gasteiger charge is -1.95. The Bertz CT molecular complexity index is 886. The Morgan fingerprint density at radius 1 is 1.24 bits per heavy atom. The third-order valence-electron chi connectivity index (χ3n) is 2.92. The predicted octanol–water partition coefficient (Wildman–Crippen LogP) is 3.27. The monoisotopic (exact) mass is 317 g/mol. The van der Waals surface area contributed by atoms with E-state index >= 15 is 0 Å². The Hall–Kier alpha value is -2.18. The molecule has 1 N–H and O–H groups in total. The number of hydrogen-bond donors (Lipinski definition) is 1. The Morgan fingerprint density at radius 2 is 2.05 bits per heavy atom. The number of aromatic nitrogens is 1. The molecular formula is C15H11NO3S2. The highest BCUT2D eigenvalue weighted by atomic mass is 32.1. The molecule has 21 heavy (non-hydrogen) atoms. The molecule has 0 atom stereocenters. The Balaban J connectivity index is 1.87. The zero-order chi connectivity index (χ0) is 14.8. The van der Waals surface area contributed by atoms with Crippen LogP contribution in [0.3, 0.4) is 0 Å². The number of thiophene rings is 1. The average Bonchev–Trinajstić information content (AvgIpc) is 3.03. The summed E-state index contributed by atoms with van der Waals surface area (Å²) in [6.07, 6.45) is 2.67. The summed E-state index contributed by atoms with van der Waals surface area (Å²) >= 11 is 2.93. The normalized spacial score (nSPS) is 11.4. The number of carboxylic acids is 1. The summed E-state index contributed by atoms with van der Waals surface area (Å²) in [5.74, 6) is -0.967. The van der Waals surface area contributed by atoms with Crippen LogP contribution in [0.5, 0.6) is 0 Å². The summed E-state index contributed by atoms with van der Waals surface area (Å²) in [5, 5.41) is 9.35. The quantitative estimate of drug-likeness (QED) is 0.751. The molecule has 0 unspecified atom stereocenters. The predicted molar refractivity (Wildman–Crippen MR) is 86.2 cm³/mol. The molecular weight excluding hydrogens is 306 g/mol. The van der Waals surface area contributed by atoms with Crippen molar-refractivity contribution < 1.29 is 9.90 Å². The number of fused-ring (bicyclic) bond motifs is 1. The van der Waals surface area contributed by atoms with Gasteiger partial charge < -0.3 is 5.11 Å². The van der Waals surface area contributed by atoms with Crippen molar-refractivity contribution in [2.75, 3.05) is 0 Å². The Kier molecular flexibility index (Phi) is 3.72. The fourth-order valence-corrected chi connectivity index (χ4v) is 3.99. The lowest BCUT2D eigenvalue weighted by atomic mass is 10.3. The summed E-state index contributed by atoms with van der Waals surface area (Å²) in [7, 11) is 0. The van der Waals surface area contributed by atoms with E-state index in [-0.39, 0.29) is 5.56 Å². The number of rotatable bonds is 4. The first-order chi connectivity index (χ1) is 10.1. The van der Waals surface area contributed by atoms with E-state index in [0.717, 1.165) is 25.9 Å². The van der Waals surface area contributed by atoms with Crippen LogP contribution in [0.25, 0.3) is 16.2 Å². The number of hydrogen-bond acceptors (Lipinski definition) is 4. The van der Waals surface area contributed by atoms with Crippen molar-refractivity contribution in [3.63, 3.8) is 0 Å². The van der Waals surface area contributed by atoms with Gasteiger partial charge in [0.05, 0.1) is 16.6 Å². The standard InChI is InChI=1S/C15H11NO3S2/c17-14(18)8-7-10-5-6-11(20-10)9-16-15(19)12-3-1-2-4-13(12)21-16/h1-8H,9H2,(H,17,18)/b8-7+. The first-order valence-electron chi connectivity index (χ1n) is 6.22. The van der Waals surface area contributed by atoms with Crippen LogP contribution in [0.1, 0.15) is 9.75 Å². The van der Waals surface area contributed by atoms with Crippen LogP contribution in [0.15, 0.2) is 47.3 Å². The molecule has 2 heterocycles. The van der Waals surface area contributed by atoms with Crippen molar-refractivity contribution >= 4 is 45.0 Å². The van der Waals surface area contributed by atoms with Crippen molar-refractivity contribution in [1.29, 1.82) is 0 Å². The maximum Gasteiger partial charge on any atom is 0.328 e. The molecule has 3 rings (SSSR count).